The van der Waals surface area contributed by atoms with Crippen molar-refractivity contribution in [2.24, 2.45) is 5.92 Å². The predicted octanol–water partition coefficient (Wildman–Crippen LogP) is 4.75. The van der Waals surface area contributed by atoms with Crippen LogP contribution in [0.15, 0.2) is 28.9 Å². The molecular formula is C15H14BrClN2O. The van der Waals surface area contributed by atoms with Crippen LogP contribution in [0.5, 0.6) is 0 Å². The maximum atomic E-state index is 11.3. The number of aldehydes is 1. The van der Waals surface area contributed by atoms with E-state index in [1.165, 1.54) is 12.8 Å². The van der Waals surface area contributed by atoms with E-state index in [9.17, 15) is 4.79 Å². The summed E-state index contributed by atoms with van der Waals surface area (Å²) in [5.41, 5.74) is 2.03. The van der Waals surface area contributed by atoms with E-state index in [0.29, 0.717) is 28.2 Å². The SMILES string of the molecule is CC(C1CC1)n1cc(C=O)c(-c2ccc(Br)cc2Cl)n1. The number of hydrogen-bond donors (Lipinski definition) is 0. The molecule has 1 saturated carbocycles. The van der Waals surface area contributed by atoms with Crippen molar-refractivity contribution in [2.75, 3.05) is 0 Å². The second-order valence-corrected chi connectivity index (χ2v) is 6.56. The van der Waals surface area contributed by atoms with E-state index in [4.69, 9.17) is 11.6 Å². The molecule has 20 heavy (non-hydrogen) atoms. The van der Waals surface area contributed by atoms with Gasteiger partial charge in [-0.3, -0.25) is 9.48 Å². The van der Waals surface area contributed by atoms with Crippen molar-refractivity contribution < 1.29 is 4.79 Å². The number of rotatable bonds is 4. The zero-order valence-corrected chi connectivity index (χ0v) is 13.4. The van der Waals surface area contributed by atoms with Crippen LogP contribution in [-0.4, -0.2) is 16.1 Å². The van der Waals surface area contributed by atoms with Crippen LogP contribution in [-0.2, 0) is 0 Å². The highest BCUT2D eigenvalue weighted by Gasteiger charge is 2.30. The second kappa shape index (κ2) is 5.34. The topological polar surface area (TPSA) is 34.9 Å². The van der Waals surface area contributed by atoms with Gasteiger partial charge in [0.05, 0.1) is 16.6 Å². The molecule has 1 aliphatic carbocycles. The summed E-state index contributed by atoms with van der Waals surface area (Å²) in [7, 11) is 0. The first-order valence-electron chi connectivity index (χ1n) is 6.60. The van der Waals surface area contributed by atoms with Gasteiger partial charge in [-0.05, 0) is 37.8 Å². The molecule has 5 heteroatoms. The van der Waals surface area contributed by atoms with E-state index in [2.05, 4.69) is 28.0 Å². The Morgan fingerprint density at radius 1 is 1.50 bits per heavy atom. The predicted molar refractivity (Wildman–Crippen MR) is 83.2 cm³/mol. The van der Waals surface area contributed by atoms with Gasteiger partial charge in [0.25, 0.3) is 0 Å². The molecular weight excluding hydrogens is 340 g/mol. The molecule has 1 fully saturated rings. The summed E-state index contributed by atoms with van der Waals surface area (Å²) in [5, 5.41) is 5.18. The molecule has 0 radical (unpaired) electrons. The normalized spacial score (nSPS) is 16.1. The average Bonchev–Trinajstić information content (AvgIpc) is 3.18. The van der Waals surface area contributed by atoms with Crippen molar-refractivity contribution in [1.82, 2.24) is 9.78 Å². The van der Waals surface area contributed by atoms with Crippen LogP contribution >= 0.6 is 27.5 Å². The van der Waals surface area contributed by atoms with Gasteiger partial charge in [-0.1, -0.05) is 33.6 Å². The second-order valence-electron chi connectivity index (χ2n) is 5.23. The van der Waals surface area contributed by atoms with Crippen molar-refractivity contribution in [1.29, 1.82) is 0 Å². The number of nitrogens with zero attached hydrogens (tertiary/aromatic N) is 2. The maximum Gasteiger partial charge on any atom is 0.153 e. The third-order valence-electron chi connectivity index (χ3n) is 3.79. The Bertz CT molecular complexity index is 664. The van der Waals surface area contributed by atoms with Gasteiger partial charge in [0.1, 0.15) is 5.69 Å². The van der Waals surface area contributed by atoms with E-state index in [1.54, 1.807) is 0 Å². The van der Waals surface area contributed by atoms with E-state index < -0.39 is 0 Å². The minimum atomic E-state index is 0.330. The maximum absolute atomic E-state index is 11.3. The first kappa shape index (κ1) is 13.8. The molecule has 1 aliphatic rings. The molecule has 0 N–H and O–H groups in total. The van der Waals surface area contributed by atoms with Gasteiger partial charge in [0, 0.05) is 16.2 Å². The Morgan fingerprint density at radius 3 is 2.85 bits per heavy atom. The number of halogens is 2. The van der Waals surface area contributed by atoms with Gasteiger partial charge in [-0.15, -0.1) is 0 Å². The molecule has 3 nitrogen and oxygen atoms in total. The van der Waals surface area contributed by atoms with Crippen molar-refractivity contribution in [3.63, 3.8) is 0 Å². The largest absolute Gasteiger partial charge is 0.298 e. The Hall–Kier alpha value is -1.13. The fourth-order valence-electron chi connectivity index (χ4n) is 2.39. The lowest BCUT2D eigenvalue weighted by atomic mass is 10.1. The lowest BCUT2D eigenvalue weighted by molar-refractivity contribution is 0.112. The van der Waals surface area contributed by atoms with Crippen LogP contribution in [0.4, 0.5) is 0 Å². The van der Waals surface area contributed by atoms with Crippen LogP contribution < -0.4 is 0 Å². The quantitative estimate of drug-likeness (QED) is 0.743. The zero-order valence-electron chi connectivity index (χ0n) is 11.0. The summed E-state index contributed by atoms with van der Waals surface area (Å²) in [4.78, 5) is 11.3. The molecule has 1 unspecified atom stereocenters. The molecule has 3 rings (SSSR count). The molecule has 1 aromatic heterocycles. The molecule has 2 aromatic rings. The van der Waals surface area contributed by atoms with Crippen LogP contribution in [0.25, 0.3) is 11.3 Å². The lowest BCUT2D eigenvalue weighted by Crippen LogP contribution is -2.07. The third kappa shape index (κ3) is 2.54. The first-order valence-corrected chi connectivity index (χ1v) is 7.77. The average molecular weight is 354 g/mol. The number of carbonyl (C=O) groups excluding carboxylic acids is 1. The summed E-state index contributed by atoms with van der Waals surface area (Å²) in [6, 6.07) is 5.93. The molecule has 1 atom stereocenters. The monoisotopic (exact) mass is 352 g/mol. The van der Waals surface area contributed by atoms with Crippen LogP contribution in [0.2, 0.25) is 5.02 Å². The van der Waals surface area contributed by atoms with Gasteiger partial charge in [-0.2, -0.15) is 5.10 Å². The Morgan fingerprint density at radius 2 is 2.25 bits per heavy atom. The van der Waals surface area contributed by atoms with Crippen LogP contribution in [0, 0.1) is 5.92 Å². The number of benzene rings is 1. The summed E-state index contributed by atoms with van der Waals surface area (Å²) in [6.07, 6.45) is 5.15. The van der Waals surface area contributed by atoms with Gasteiger partial charge in [0.2, 0.25) is 0 Å². The van der Waals surface area contributed by atoms with Crippen LogP contribution in [0.1, 0.15) is 36.2 Å². The molecule has 0 spiro atoms. The number of hydrogen-bond acceptors (Lipinski definition) is 2. The Balaban J connectivity index is 2.05. The number of aromatic nitrogens is 2. The van der Waals surface area contributed by atoms with E-state index in [-0.39, 0.29) is 0 Å². The third-order valence-corrected chi connectivity index (χ3v) is 4.60. The molecule has 0 aliphatic heterocycles. The van der Waals surface area contributed by atoms with Crippen molar-refractivity contribution >= 4 is 33.8 Å². The van der Waals surface area contributed by atoms with Gasteiger partial charge in [-0.25, -0.2) is 0 Å². The lowest BCUT2D eigenvalue weighted by Gasteiger charge is -2.10. The van der Waals surface area contributed by atoms with E-state index in [0.717, 1.165) is 16.3 Å². The van der Waals surface area contributed by atoms with E-state index in [1.807, 2.05) is 29.1 Å². The van der Waals surface area contributed by atoms with Gasteiger partial charge < -0.3 is 0 Å². The molecule has 1 heterocycles. The molecule has 0 amide bonds. The first-order chi connectivity index (χ1) is 9.60. The van der Waals surface area contributed by atoms with E-state index >= 15 is 0 Å². The number of carbonyl (C=O) groups is 1. The summed E-state index contributed by atoms with van der Waals surface area (Å²) in [5.74, 6) is 0.683. The Kier molecular flexibility index (Phi) is 3.69. The summed E-state index contributed by atoms with van der Waals surface area (Å²) in [6.45, 7) is 2.15. The van der Waals surface area contributed by atoms with Crippen LogP contribution in [0.3, 0.4) is 0 Å². The highest BCUT2D eigenvalue weighted by molar-refractivity contribution is 9.10. The van der Waals surface area contributed by atoms with Gasteiger partial charge >= 0.3 is 0 Å². The Labute approximate surface area is 131 Å². The minimum absolute atomic E-state index is 0.330. The summed E-state index contributed by atoms with van der Waals surface area (Å²) < 4.78 is 2.81. The minimum Gasteiger partial charge on any atom is -0.298 e. The molecule has 0 bridgehead atoms. The smallest absolute Gasteiger partial charge is 0.153 e. The van der Waals surface area contributed by atoms with Gasteiger partial charge in [0.15, 0.2) is 6.29 Å². The molecule has 0 saturated heterocycles. The highest BCUT2D eigenvalue weighted by atomic mass is 79.9. The van der Waals surface area contributed by atoms with Crippen molar-refractivity contribution in [2.45, 2.75) is 25.8 Å². The van der Waals surface area contributed by atoms with Crippen molar-refractivity contribution in [3.8, 4) is 11.3 Å². The molecule has 1 aromatic carbocycles. The molecule has 104 valence electrons. The zero-order chi connectivity index (χ0) is 14.3. The van der Waals surface area contributed by atoms with Crippen molar-refractivity contribution in [3.05, 3.63) is 39.5 Å². The fraction of sp³-hybridized carbons (Fsp3) is 0.333. The summed E-state index contributed by atoms with van der Waals surface area (Å²) >= 11 is 9.64. The standard InChI is InChI=1S/C15H14BrClN2O/c1-9(10-2-3-10)19-7-11(8-20)15(18-19)13-5-4-12(16)6-14(13)17/h4-10H,2-3H2,1H3. The highest BCUT2D eigenvalue weighted by Crippen LogP contribution is 2.40. The fourth-order valence-corrected chi connectivity index (χ4v) is 3.15.